The second kappa shape index (κ2) is 10.5. The Labute approximate surface area is 202 Å². The second-order valence-corrected chi connectivity index (χ2v) is 9.24. The number of carbonyl (C=O) groups excluding carboxylic acids is 1. The summed E-state index contributed by atoms with van der Waals surface area (Å²) in [6.07, 6.45) is 0.678. The van der Waals surface area contributed by atoms with Crippen LogP contribution in [-0.4, -0.2) is 17.6 Å². The lowest BCUT2D eigenvalue weighted by Gasteiger charge is -2.31. The van der Waals surface area contributed by atoms with Crippen LogP contribution in [0.15, 0.2) is 66.7 Å². The number of hydrogen-bond acceptors (Lipinski definition) is 2. The van der Waals surface area contributed by atoms with Crippen molar-refractivity contribution in [1.82, 2.24) is 5.32 Å². The van der Waals surface area contributed by atoms with E-state index in [1.807, 2.05) is 61.5 Å². The number of hydrogen-bond donors (Lipinski definition) is 1. The van der Waals surface area contributed by atoms with Crippen molar-refractivity contribution in [2.24, 2.45) is 0 Å². The molecule has 3 rings (SSSR count). The van der Waals surface area contributed by atoms with E-state index in [-0.39, 0.29) is 17.7 Å². The Morgan fingerprint density at radius 1 is 1.00 bits per heavy atom. The molecule has 0 fully saturated rings. The van der Waals surface area contributed by atoms with Crippen molar-refractivity contribution in [3.8, 4) is 5.75 Å². The van der Waals surface area contributed by atoms with Gasteiger partial charge in [-0.1, -0.05) is 65.7 Å². The fourth-order valence-electron chi connectivity index (χ4n) is 3.57. The Morgan fingerprint density at radius 2 is 1.58 bits per heavy atom. The van der Waals surface area contributed by atoms with Gasteiger partial charge < -0.3 is 10.1 Å². The number of benzene rings is 3. The molecule has 33 heavy (non-hydrogen) atoms. The van der Waals surface area contributed by atoms with Crippen LogP contribution in [0.5, 0.6) is 5.75 Å². The van der Waals surface area contributed by atoms with E-state index in [2.05, 4.69) is 5.32 Å². The highest BCUT2D eigenvalue weighted by atomic mass is 35.5. The van der Waals surface area contributed by atoms with Crippen molar-refractivity contribution in [3.05, 3.63) is 99.5 Å². The number of amides is 1. The molecule has 0 radical (unpaired) electrons. The number of halogens is 4. The molecule has 3 nitrogen and oxygen atoms in total. The molecule has 0 aliphatic carbocycles. The van der Waals surface area contributed by atoms with E-state index < -0.39 is 28.2 Å². The molecule has 0 aliphatic rings. The van der Waals surface area contributed by atoms with Gasteiger partial charge >= 0.3 is 0 Å². The van der Waals surface area contributed by atoms with Crippen molar-refractivity contribution < 1.29 is 18.3 Å². The summed E-state index contributed by atoms with van der Waals surface area (Å²) in [7, 11) is 0. The van der Waals surface area contributed by atoms with E-state index in [4.69, 9.17) is 27.9 Å². The Morgan fingerprint density at radius 3 is 2.15 bits per heavy atom. The molecule has 0 aliphatic heterocycles. The molecule has 0 bridgehead atoms. The van der Waals surface area contributed by atoms with Gasteiger partial charge in [-0.3, -0.25) is 4.79 Å². The van der Waals surface area contributed by atoms with Gasteiger partial charge in [-0.25, -0.2) is 8.78 Å². The van der Waals surface area contributed by atoms with Gasteiger partial charge in [0.25, 0.3) is 5.91 Å². The largest absolute Gasteiger partial charge is 0.478 e. The predicted octanol–water partition coefficient (Wildman–Crippen LogP) is 6.96. The first kappa shape index (κ1) is 25.0. The maximum Gasteiger partial charge on any atom is 0.263 e. The summed E-state index contributed by atoms with van der Waals surface area (Å²) in [5, 5.41) is 3.05. The van der Waals surface area contributed by atoms with Crippen LogP contribution >= 0.6 is 23.2 Å². The quantitative estimate of drug-likeness (QED) is 0.345. The van der Waals surface area contributed by atoms with Crippen molar-refractivity contribution >= 4 is 29.1 Å². The molecule has 0 heterocycles. The van der Waals surface area contributed by atoms with E-state index in [1.165, 1.54) is 13.8 Å². The van der Waals surface area contributed by atoms with Crippen LogP contribution in [0, 0.1) is 11.6 Å². The third kappa shape index (κ3) is 6.46. The highest BCUT2D eigenvalue weighted by Gasteiger charge is 2.33. The van der Waals surface area contributed by atoms with Gasteiger partial charge in [0.1, 0.15) is 22.4 Å². The number of ether oxygens (including phenoxy) is 1. The maximum atomic E-state index is 13.8. The molecule has 1 amide bonds. The van der Waals surface area contributed by atoms with Crippen molar-refractivity contribution in [3.63, 3.8) is 0 Å². The van der Waals surface area contributed by atoms with E-state index >= 15 is 0 Å². The molecule has 7 heteroatoms. The van der Waals surface area contributed by atoms with Crippen LogP contribution in [0.4, 0.5) is 8.78 Å². The molecule has 0 saturated carbocycles. The lowest BCUT2D eigenvalue weighted by molar-refractivity contribution is -0.135. The van der Waals surface area contributed by atoms with Crippen LogP contribution in [0.3, 0.4) is 0 Å². The zero-order valence-corrected chi connectivity index (χ0v) is 20.1. The van der Waals surface area contributed by atoms with Crippen molar-refractivity contribution in [2.45, 2.75) is 44.8 Å². The highest BCUT2D eigenvalue weighted by molar-refractivity contribution is 6.31. The number of nitrogens with one attached hydrogen (secondary N) is 1. The maximum absolute atomic E-state index is 13.8. The third-order valence-corrected chi connectivity index (χ3v) is 6.05. The van der Waals surface area contributed by atoms with E-state index in [0.29, 0.717) is 11.4 Å². The summed E-state index contributed by atoms with van der Waals surface area (Å²) >= 11 is 11.5. The van der Waals surface area contributed by atoms with Crippen LogP contribution < -0.4 is 10.1 Å². The normalized spacial score (nSPS) is 13.3. The van der Waals surface area contributed by atoms with Gasteiger partial charge in [0.05, 0.1) is 0 Å². The lowest BCUT2D eigenvalue weighted by Crippen LogP contribution is -2.51. The predicted molar refractivity (Wildman–Crippen MR) is 128 cm³/mol. The Bertz CT molecular complexity index is 1080. The van der Waals surface area contributed by atoms with Crippen LogP contribution in [0.25, 0.3) is 0 Å². The standard InChI is InChI=1S/C26H25Cl2F2NO2/c1-16(21(18-7-5-4-6-8-18)13-17-9-11-19(27)12-10-17)31-25(32)26(2,3)33-20-14-22(29)24(28)23(30)15-20/h4-12,14-16,21H,13H2,1-3H3,(H,31,32)/t16-,21+/m0/s1. The van der Waals surface area contributed by atoms with E-state index in [0.717, 1.165) is 23.3 Å². The fraction of sp³-hybridized carbons (Fsp3) is 0.269. The third-order valence-electron chi connectivity index (χ3n) is 5.44. The molecule has 0 saturated heterocycles. The van der Waals surface area contributed by atoms with Gasteiger partial charge in [-0.15, -0.1) is 0 Å². The lowest BCUT2D eigenvalue weighted by atomic mass is 9.86. The first-order valence-corrected chi connectivity index (χ1v) is 11.3. The Kier molecular flexibility index (Phi) is 7.98. The minimum Gasteiger partial charge on any atom is -0.478 e. The highest BCUT2D eigenvalue weighted by Crippen LogP contribution is 2.29. The molecular formula is C26H25Cl2F2NO2. The minimum atomic E-state index is -1.39. The van der Waals surface area contributed by atoms with Gasteiger partial charge in [-0.05, 0) is 50.5 Å². The monoisotopic (exact) mass is 491 g/mol. The Hall–Kier alpha value is -2.63. The van der Waals surface area contributed by atoms with Crippen LogP contribution in [0.1, 0.15) is 37.8 Å². The molecule has 0 unspecified atom stereocenters. The molecule has 3 aromatic carbocycles. The number of rotatable bonds is 8. The molecular weight excluding hydrogens is 467 g/mol. The molecule has 0 spiro atoms. The summed E-state index contributed by atoms with van der Waals surface area (Å²) in [5.74, 6) is -2.48. The van der Waals surface area contributed by atoms with Gasteiger partial charge in [0, 0.05) is 29.1 Å². The summed E-state index contributed by atoms with van der Waals surface area (Å²) in [6, 6.07) is 19.1. The second-order valence-electron chi connectivity index (χ2n) is 8.42. The smallest absolute Gasteiger partial charge is 0.263 e. The molecule has 174 valence electrons. The van der Waals surface area contributed by atoms with Gasteiger partial charge in [0.15, 0.2) is 5.60 Å². The SMILES string of the molecule is C[C@H](NC(=O)C(C)(C)Oc1cc(F)c(Cl)c(F)c1)[C@@H](Cc1ccc(Cl)cc1)c1ccccc1. The topological polar surface area (TPSA) is 38.3 Å². The van der Waals surface area contributed by atoms with Gasteiger partial charge in [0.2, 0.25) is 0 Å². The van der Waals surface area contributed by atoms with Gasteiger partial charge in [-0.2, -0.15) is 0 Å². The molecule has 3 aromatic rings. The zero-order valence-electron chi connectivity index (χ0n) is 18.5. The molecule has 2 atom stereocenters. The van der Waals surface area contributed by atoms with Crippen LogP contribution in [-0.2, 0) is 11.2 Å². The van der Waals surface area contributed by atoms with E-state index in [9.17, 15) is 13.6 Å². The summed E-state index contributed by atoms with van der Waals surface area (Å²) in [5.41, 5.74) is 0.764. The summed E-state index contributed by atoms with van der Waals surface area (Å²) < 4.78 is 33.2. The number of carbonyl (C=O) groups is 1. The fourth-order valence-corrected chi connectivity index (χ4v) is 3.81. The van der Waals surface area contributed by atoms with Crippen molar-refractivity contribution in [1.29, 1.82) is 0 Å². The Balaban J connectivity index is 1.78. The minimum absolute atomic E-state index is 0.0300. The zero-order chi connectivity index (χ0) is 24.2. The summed E-state index contributed by atoms with van der Waals surface area (Å²) in [6.45, 7) is 5.00. The molecule has 1 N–H and O–H groups in total. The van der Waals surface area contributed by atoms with Crippen LogP contribution in [0.2, 0.25) is 10.0 Å². The average molecular weight is 492 g/mol. The van der Waals surface area contributed by atoms with Crippen molar-refractivity contribution in [2.75, 3.05) is 0 Å². The molecule has 0 aromatic heterocycles. The first-order chi connectivity index (χ1) is 15.6. The first-order valence-electron chi connectivity index (χ1n) is 10.5. The summed E-state index contributed by atoms with van der Waals surface area (Å²) in [4.78, 5) is 13.1. The van der Waals surface area contributed by atoms with E-state index in [1.54, 1.807) is 0 Å². The average Bonchev–Trinajstić information content (AvgIpc) is 2.77.